The zero-order chi connectivity index (χ0) is 15.7. The first kappa shape index (κ1) is 14.9. The number of amides is 1. The van der Waals surface area contributed by atoms with E-state index in [0.29, 0.717) is 11.4 Å². The third-order valence-corrected chi connectivity index (χ3v) is 4.21. The average Bonchev–Trinajstić information content (AvgIpc) is 2.80. The van der Waals surface area contributed by atoms with E-state index in [0.717, 1.165) is 4.47 Å². The average molecular weight is 361 g/mol. The van der Waals surface area contributed by atoms with Gasteiger partial charge in [-0.1, -0.05) is 34.1 Å². The molecule has 1 aromatic rings. The van der Waals surface area contributed by atoms with E-state index in [1.807, 2.05) is 0 Å². The molecule has 0 saturated heterocycles. The lowest BCUT2D eigenvalue weighted by molar-refractivity contribution is -0.149. The summed E-state index contributed by atoms with van der Waals surface area (Å²) in [5, 5.41) is 0. The number of methoxy groups -OCH3 is 1. The summed E-state index contributed by atoms with van der Waals surface area (Å²) in [5.74, 6) is -0.160. The number of nitrogens with zero attached hydrogens (tertiary/aromatic N) is 2. The van der Waals surface area contributed by atoms with Gasteiger partial charge in [-0.05, 0) is 24.3 Å². The standard InChI is InChI=1S/C16H13BrN2O3/c1-22-16(10-13(20)11-5-7-12(17)8-6-11)15(21)18-14-4-2-3-9-19(14)16/h2-9H,10H2,1H3/t16-/m1/s1. The number of carbonyl (C=O) groups is 2. The molecule has 6 heteroatoms. The molecule has 2 heterocycles. The Balaban J connectivity index is 1.90. The normalized spacial score (nSPS) is 22.7. The number of fused-ring (bicyclic) bond motifs is 1. The van der Waals surface area contributed by atoms with Crippen LogP contribution in [0.2, 0.25) is 0 Å². The van der Waals surface area contributed by atoms with E-state index in [1.165, 1.54) is 7.11 Å². The summed E-state index contributed by atoms with van der Waals surface area (Å²) in [6.45, 7) is 0. The first-order valence-corrected chi connectivity index (χ1v) is 7.47. The second-order valence-electron chi connectivity index (χ2n) is 4.94. The Morgan fingerprint density at radius 1 is 1.32 bits per heavy atom. The van der Waals surface area contributed by atoms with Crippen molar-refractivity contribution >= 4 is 33.5 Å². The monoisotopic (exact) mass is 360 g/mol. The Morgan fingerprint density at radius 2 is 2.05 bits per heavy atom. The van der Waals surface area contributed by atoms with Crippen LogP contribution in [0.25, 0.3) is 0 Å². The molecule has 0 aromatic heterocycles. The van der Waals surface area contributed by atoms with Crippen molar-refractivity contribution in [3.63, 3.8) is 0 Å². The van der Waals surface area contributed by atoms with Crippen LogP contribution < -0.4 is 0 Å². The van der Waals surface area contributed by atoms with Crippen LogP contribution in [0, 0.1) is 0 Å². The largest absolute Gasteiger partial charge is 0.350 e. The van der Waals surface area contributed by atoms with Crippen molar-refractivity contribution in [2.24, 2.45) is 4.99 Å². The van der Waals surface area contributed by atoms with E-state index in [-0.39, 0.29) is 12.2 Å². The Morgan fingerprint density at radius 3 is 2.73 bits per heavy atom. The zero-order valence-corrected chi connectivity index (χ0v) is 13.4. The molecule has 0 radical (unpaired) electrons. The second kappa shape index (κ2) is 5.62. The third-order valence-electron chi connectivity index (χ3n) is 3.68. The molecule has 0 unspecified atom stereocenters. The Hall–Kier alpha value is -2.05. The van der Waals surface area contributed by atoms with Crippen LogP contribution in [-0.4, -0.2) is 35.3 Å². The van der Waals surface area contributed by atoms with Gasteiger partial charge in [0.2, 0.25) is 5.72 Å². The predicted octanol–water partition coefficient (Wildman–Crippen LogP) is 2.69. The quantitative estimate of drug-likeness (QED) is 0.774. The molecule has 5 nitrogen and oxygen atoms in total. The van der Waals surface area contributed by atoms with Gasteiger partial charge in [0.15, 0.2) is 5.78 Å². The van der Waals surface area contributed by atoms with Crippen molar-refractivity contribution in [2.75, 3.05) is 7.11 Å². The molecule has 22 heavy (non-hydrogen) atoms. The number of ketones is 1. The molecule has 0 N–H and O–H groups in total. The zero-order valence-electron chi connectivity index (χ0n) is 11.8. The number of hydrogen-bond donors (Lipinski definition) is 0. The number of carbonyl (C=O) groups excluding carboxylic acids is 2. The van der Waals surface area contributed by atoms with Crippen molar-refractivity contribution in [3.8, 4) is 0 Å². The molecule has 2 aliphatic rings. The highest BCUT2D eigenvalue weighted by Crippen LogP contribution is 2.32. The second-order valence-corrected chi connectivity index (χ2v) is 5.86. The van der Waals surface area contributed by atoms with Gasteiger partial charge in [0.05, 0.1) is 6.42 Å². The molecule has 0 fully saturated rings. The minimum Gasteiger partial charge on any atom is -0.350 e. The number of amidine groups is 1. The van der Waals surface area contributed by atoms with E-state index >= 15 is 0 Å². The Kier molecular flexibility index (Phi) is 3.80. The first-order valence-electron chi connectivity index (χ1n) is 6.68. The maximum Gasteiger partial charge on any atom is 0.301 e. The molecule has 112 valence electrons. The summed E-state index contributed by atoms with van der Waals surface area (Å²) >= 11 is 3.33. The molecule has 2 aliphatic heterocycles. The van der Waals surface area contributed by atoms with Crippen LogP contribution in [0.3, 0.4) is 0 Å². The number of aliphatic imine (C=N–C) groups is 1. The predicted molar refractivity (Wildman–Crippen MR) is 85.4 cm³/mol. The number of benzene rings is 1. The van der Waals surface area contributed by atoms with Crippen LogP contribution in [0.5, 0.6) is 0 Å². The minimum absolute atomic E-state index is 0.102. The smallest absolute Gasteiger partial charge is 0.301 e. The molecule has 0 saturated carbocycles. The highest BCUT2D eigenvalue weighted by Gasteiger charge is 2.51. The number of halogens is 1. The molecular weight excluding hydrogens is 348 g/mol. The van der Waals surface area contributed by atoms with Gasteiger partial charge < -0.3 is 4.74 Å². The Bertz CT molecular complexity index is 721. The van der Waals surface area contributed by atoms with Crippen LogP contribution in [0.1, 0.15) is 16.8 Å². The van der Waals surface area contributed by atoms with Crippen LogP contribution in [0.15, 0.2) is 58.2 Å². The molecule has 0 aliphatic carbocycles. The van der Waals surface area contributed by atoms with Crippen molar-refractivity contribution in [3.05, 3.63) is 58.7 Å². The molecule has 1 aromatic carbocycles. The topological polar surface area (TPSA) is 59.0 Å². The number of ether oxygens (including phenoxy) is 1. The van der Waals surface area contributed by atoms with Gasteiger partial charge in [0.1, 0.15) is 5.84 Å². The molecule has 3 rings (SSSR count). The van der Waals surface area contributed by atoms with Crippen LogP contribution in [0.4, 0.5) is 0 Å². The summed E-state index contributed by atoms with van der Waals surface area (Å²) in [7, 11) is 1.41. The van der Waals surface area contributed by atoms with Crippen molar-refractivity contribution < 1.29 is 14.3 Å². The fraction of sp³-hybridized carbons (Fsp3) is 0.188. The number of allylic oxidation sites excluding steroid dienone is 2. The maximum absolute atomic E-state index is 12.5. The molecule has 0 spiro atoms. The lowest BCUT2D eigenvalue weighted by Crippen LogP contribution is -2.52. The van der Waals surface area contributed by atoms with Gasteiger partial charge in [-0.25, -0.2) is 0 Å². The van der Waals surface area contributed by atoms with Crippen molar-refractivity contribution in [2.45, 2.75) is 12.1 Å². The van der Waals surface area contributed by atoms with E-state index < -0.39 is 11.6 Å². The van der Waals surface area contributed by atoms with Gasteiger partial charge in [0, 0.05) is 23.3 Å². The number of hydrogen-bond acceptors (Lipinski definition) is 4. The van der Waals surface area contributed by atoms with Gasteiger partial charge in [0.25, 0.3) is 0 Å². The van der Waals surface area contributed by atoms with Crippen LogP contribution in [-0.2, 0) is 9.53 Å². The lowest BCUT2D eigenvalue weighted by atomic mass is 9.99. The number of Topliss-reactive ketones (excluding diaryl/α,β-unsaturated/α-hetero) is 1. The molecule has 0 bridgehead atoms. The van der Waals surface area contributed by atoms with Gasteiger partial charge in [-0.3, -0.25) is 14.5 Å². The summed E-state index contributed by atoms with van der Waals surface area (Å²) in [4.78, 5) is 30.4. The van der Waals surface area contributed by atoms with Crippen LogP contribution >= 0.6 is 15.9 Å². The summed E-state index contributed by atoms with van der Waals surface area (Å²) in [5.41, 5.74) is -0.877. The molecule has 1 atom stereocenters. The maximum atomic E-state index is 12.5. The van der Waals surface area contributed by atoms with E-state index in [1.54, 1.807) is 53.6 Å². The third kappa shape index (κ3) is 2.34. The highest BCUT2D eigenvalue weighted by atomic mass is 79.9. The molecular formula is C16H13BrN2O3. The SMILES string of the molecule is CO[C@]1(CC(=O)c2ccc(Br)cc2)C(=O)N=C2C=CC=CN21. The summed E-state index contributed by atoms with van der Waals surface area (Å²) < 4.78 is 6.33. The summed E-state index contributed by atoms with van der Waals surface area (Å²) in [6.07, 6.45) is 6.86. The Labute approximate surface area is 136 Å². The van der Waals surface area contributed by atoms with E-state index in [2.05, 4.69) is 20.9 Å². The minimum atomic E-state index is -1.40. The molecule has 1 amide bonds. The van der Waals surface area contributed by atoms with Gasteiger partial charge in [-0.2, -0.15) is 4.99 Å². The van der Waals surface area contributed by atoms with E-state index in [9.17, 15) is 9.59 Å². The van der Waals surface area contributed by atoms with Gasteiger partial charge >= 0.3 is 5.91 Å². The van der Waals surface area contributed by atoms with Crippen molar-refractivity contribution in [1.82, 2.24) is 4.90 Å². The van der Waals surface area contributed by atoms with Gasteiger partial charge in [-0.15, -0.1) is 0 Å². The first-order chi connectivity index (χ1) is 10.6. The fourth-order valence-corrected chi connectivity index (χ4v) is 2.76. The van der Waals surface area contributed by atoms with E-state index in [4.69, 9.17) is 4.74 Å². The lowest BCUT2D eigenvalue weighted by Gasteiger charge is -2.34. The van der Waals surface area contributed by atoms with Crippen molar-refractivity contribution in [1.29, 1.82) is 0 Å². The number of rotatable bonds is 4. The summed E-state index contributed by atoms with van der Waals surface area (Å²) in [6, 6.07) is 7.00. The fourth-order valence-electron chi connectivity index (χ4n) is 2.50. The highest BCUT2D eigenvalue weighted by molar-refractivity contribution is 9.10.